The molecule has 6 heteroatoms. The number of amides is 1. The SMILES string of the molecule is Cc1ccc(Nc2nc(C)c(C(=O)Nc3ccc(Oc4ccccc4)cc3)s2)c(C)c1. The highest BCUT2D eigenvalue weighted by atomic mass is 32.1. The number of carbonyl (C=O) groups is 1. The van der Waals surface area contributed by atoms with E-state index in [0.29, 0.717) is 27.1 Å². The van der Waals surface area contributed by atoms with Gasteiger partial charge in [-0.15, -0.1) is 0 Å². The molecule has 0 radical (unpaired) electrons. The molecule has 0 fully saturated rings. The van der Waals surface area contributed by atoms with Gasteiger partial charge in [-0.3, -0.25) is 4.79 Å². The van der Waals surface area contributed by atoms with Crippen molar-refractivity contribution in [1.29, 1.82) is 0 Å². The first-order chi connectivity index (χ1) is 15.0. The summed E-state index contributed by atoms with van der Waals surface area (Å²) in [6, 6.07) is 23.1. The van der Waals surface area contributed by atoms with E-state index >= 15 is 0 Å². The van der Waals surface area contributed by atoms with E-state index in [1.807, 2.05) is 67.6 Å². The lowest BCUT2D eigenvalue weighted by Gasteiger charge is -2.08. The summed E-state index contributed by atoms with van der Waals surface area (Å²) in [6.07, 6.45) is 0. The third kappa shape index (κ3) is 5.10. The summed E-state index contributed by atoms with van der Waals surface area (Å²) in [5, 5.41) is 6.95. The van der Waals surface area contributed by atoms with Crippen LogP contribution in [0.5, 0.6) is 11.5 Å². The number of thiazole rings is 1. The number of anilines is 3. The Morgan fingerprint density at radius 1 is 0.903 bits per heavy atom. The van der Waals surface area contributed by atoms with Crippen LogP contribution in [0.2, 0.25) is 0 Å². The van der Waals surface area contributed by atoms with Crippen molar-refractivity contribution in [1.82, 2.24) is 4.98 Å². The fourth-order valence-electron chi connectivity index (χ4n) is 3.15. The van der Waals surface area contributed by atoms with Crippen LogP contribution in [0.25, 0.3) is 0 Å². The Morgan fingerprint density at radius 2 is 1.61 bits per heavy atom. The number of aryl methyl sites for hydroxylation is 3. The van der Waals surface area contributed by atoms with Crippen molar-refractivity contribution in [3.8, 4) is 11.5 Å². The lowest BCUT2D eigenvalue weighted by atomic mass is 10.1. The largest absolute Gasteiger partial charge is 0.457 e. The summed E-state index contributed by atoms with van der Waals surface area (Å²) >= 11 is 1.34. The molecule has 1 heterocycles. The number of carbonyl (C=O) groups excluding carboxylic acids is 1. The fraction of sp³-hybridized carbons (Fsp3) is 0.120. The summed E-state index contributed by atoms with van der Waals surface area (Å²) < 4.78 is 5.79. The van der Waals surface area contributed by atoms with Crippen LogP contribution in [-0.4, -0.2) is 10.9 Å². The van der Waals surface area contributed by atoms with Crippen molar-refractivity contribution >= 4 is 33.8 Å². The number of ether oxygens (including phenoxy) is 1. The maximum absolute atomic E-state index is 12.8. The average Bonchev–Trinajstić information content (AvgIpc) is 3.12. The van der Waals surface area contributed by atoms with Gasteiger partial charge in [-0.1, -0.05) is 47.2 Å². The monoisotopic (exact) mass is 429 g/mol. The lowest BCUT2D eigenvalue weighted by Crippen LogP contribution is -2.11. The molecule has 0 saturated heterocycles. The van der Waals surface area contributed by atoms with E-state index in [9.17, 15) is 4.79 Å². The molecule has 0 atom stereocenters. The van der Waals surface area contributed by atoms with Crippen molar-refractivity contribution in [2.45, 2.75) is 20.8 Å². The Kier molecular flexibility index (Phi) is 6.00. The topological polar surface area (TPSA) is 63.2 Å². The minimum Gasteiger partial charge on any atom is -0.457 e. The maximum atomic E-state index is 12.8. The molecule has 1 aromatic heterocycles. The van der Waals surface area contributed by atoms with Gasteiger partial charge in [-0.25, -0.2) is 4.98 Å². The molecule has 4 aromatic rings. The number of nitrogens with zero attached hydrogens (tertiary/aromatic N) is 1. The standard InChI is InChI=1S/C25H23N3O2S/c1-16-9-14-22(17(2)15-16)28-25-26-18(3)23(31-25)24(29)27-19-10-12-21(13-11-19)30-20-7-5-4-6-8-20/h4-15H,1-3H3,(H,26,28)(H,27,29). The third-order valence-electron chi connectivity index (χ3n) is 4.72. The summed E-state index contributed by atoms with van der Waals surface area (Å²) in [7, 11) is 0. The Labute approximate surface area is 185 Å². The molecule has 0 aliphatic heterocycles. The van der Waals surface area contributed by atoms with E-state index in [0.717, 1.165) is 17.0 Å². The number of hydrogen-bond donors (Lipinski definition) is 2. The van der Waals surface area contributed by atoms with Crippen LogP contribution in [0.1, 0.15) is 26.5 Å². The predicted octanol–water partition coefficient (Wildman–Crippen LogP) is 6.86. The van der Waals surface area contributed by atoms with Crippen molar-refractivity contribution in [3.63, 3.8) is 0 Å². The molecule has 1 amide bonds. The molecule has 5 nitrogen and oxygen atoms in total. The van der Waals surface area contributed by atoms with E-state index in [4.69, 9.17) is 4.74 Å². The number of nitrogens with one attached hydrogen (secondary N) is 2. The van der Waals surface area contributed by atoms with Gasteiger partial charge < -0.3 is 15.4 Å². The Balaban J connectivity index is 1.42. The fourth-order valence-corrected chi connectivity index (χ4v) is 4.02. The van der Waals surface area contributed by atoms with Crippen LogP contribution in [0.15, 0.2) is 72.8 Å². The Morgan fingerprint density at radius 3 is 2.32 bits per heavy atom. The predicted molar refractivity (Wildman–Crippen MR) is 127 cm³/mol. The molecule has 2 N–H and O–H groups in total. The minimum absolute atomic E-state index is 0.180. The number of aromatic nitrogens is 1. The van der Waals surface area contributed by atoms with Gasteiger partial charge in [0.25, 0.3) is 5.91 Å². The molecule has 0 aliphatic rings. The summed E-state index contributed by atoms with van der Waals surface area (Å²) in [4.78, 5) is 17.9. The quantitative estimate of drug-likeness (QED) is 0.351. The first-order valence-corrected chi connectivity index (χ1v) is 10.8. The number of rotatable bonds is 6. The van der Waals surface area contributed by atoms with E-state index in [2.05, 4.69) is 41.6 Å². The van der Waals surface area contributed by atoms with E-state index in [1.165, 1.54) is 16.9 Å². The van der Waals surface area contributed by atoms with Crippen LogP contribution in [-0.2, 0) is 0 Å². The second-order valence-electron chi connectivity index (χ2n) is 7.27. The smallest absolute Gasteiger partial charge is 0.267 e. The highest BCUT2D eigenvalue weighted by molar-refractivity contribution is 7.17. The number of benzene rings is 3. The first-order valence-electron chi connectivity index (χ1n) is 9.94. The van der Waals surface area contributed by atoms with Gasteiger partial charge in [-0.2, -0.15) is 0 Å². The van der Waals surface area contributed by atoms with E-state index in [1.54, 1.807) is 0 Å². The number of hydrogen-bond acceptors (Lipinski definition) is 5. The zero-order valence-electron chi connectivity index (χ0n) is 17.6. The molecular weight excluding hydrogens is 406 g/mol. The van der Waals surface area contributed by atoms with Crippen LogP contribution >= 0.6 is 11.3 Å². The third-order valence-corrected chi connectivity index (χ3v) is 5.79. The van der Waals surface area contributed by atoms with Gasteiger partial charge >= 0.3 is 0 Å². The minimum atomic E-state index is -0.180. The summed E-state index contributed by atoms with van der Waals surface area (Å²) in [5.74, 6) is 1.29. The van der Waals surface area contributed by atoms with Crippen LogP contribution in [0.4, 0.5) is 16.5 Å². The van der Waals surface area contributed by atoms with Crippen molar-refractivity contribution in [2.24, 2.45) is 0 Å². The average molecular weight is 430 g/mol. The molecule has 3 aromatic carbocycles. The van der Waals surface area contributed by atoms with Crippen molar-refractivity contribution in [3.05, 3.63) is 94.5 Å². The highest BCUT2D eigenvalue weighted by Crippen LogP contribution is 2.29. The van der Waals surface area contributed by atoms with E-state index in [-0.39, 0.29) is 5.91 Å². The molecule has 0 aliphatic carbocycles. The molecule has 0 unspecified atom stereocenters. The molecule has 0 bridgehead atoms. The van der Waals surface area contributed by atoms with E-state index < -0.39 is 0 Å². The number of para-hydroxylation sites is 1. The Hall–Kier alpha value is -3.64. The van der Waals surface area contributed by atoms with Crippen LogP contribution < -0.4 is 15.4 Å². The van der Waals surface area contributed by atoms with Gasteiger partial charge in [0.15, 0.2) is 5.13 Å². The van der Waals surface area contributed by atoms with Crippen molar-refractivity contribution < 1.29 is 9.53 Å². The molecule has 0 saturated carbocycles. The van der Waals surface area contributed by atoms with Gasteiger partial charge in [0.05, 0.1) is 5.69 Å². The normalized spacial score (nSPS) is 10.5. The first kappa shape index (κ1) is 20.6. The van der Waals surface area contributed by atoms with Gasteiger partial charge in [0.1, 0.15) is 16.4 Å². The molecular formula is C25H23N3O2S. The van der Waals surface area contributed by atoms with Crippen LogP contribution in [0, 0.1) is 20.8 Å². The zero-order chi connectivity index (χ0) is 21.8. The summed E-state index contributed by atoms with van der Waals surface area (Å²) in [5.41, 5.74) is 4.72. The lowest BCUT2D eigenvalue weighted by molar-refractivity contribution is 0.103. The second kappa shape index (κ2) is 9.02. The molecule has 4 rings (SSSR count). The Bertz CT molecular complexity index is 1200. The second-order valence-corrected chi connectivity index (χ2v) is 8.27. The van der Waals surface area contributed by atoms with Gasteiger partial charge in [-0.05, 0) is 68.8 Å². The van der Waals surface area contributed by atoms with Crippen LogP contribution in [0.3, 0.4) is 0 Å². The maximum Gasteiger partial charge on any atom is 0.267 e. The molecule has 156 valence electrons. The van der Waals surface area contributed by atoms with Crippen molar-refractivity contribution in [2.75, 3.05) is 10.6 Å². The molecule has 31 heavy (non-hydrogen) atoms. The molecule has 0 spiro atoms. The van der Waals surface area contributed by atoms with Gasteiger partial charge in [0, 0.05) is 11.4 Å². The van der Waals surface area contributed by atoms with Gasteiger partial charge in [0.2, 0.25) is 0 Å². The highest BCUT2D eigenvalue weighted by Gasteiger charge is 2.16. The summed E-state index contributed by atoms with van der Waals surface area (Å²) in [6.45, 7) is 5.96. The zero-order valence-corrected chi connectivity index (χ0v) is 18.4.